The summed E-state index contributed by atoms with van der Waals surface area (Å²) < 4.78 is 33.1. The molecule has 0 aliphatic carbocycles. The third kappa shape index (κ3) is 3.42. The normalized spacial score (nSPS) is 12.3. The summed E-state index contributed by atoms with van der Waals surface area (Å²) in [5.41, 5.74) is 0.758. The van der Waals surface area contributed by atoms with Crippen molar-refractivity contribution in [3.05, 3.63) is 64.7 Å². The molecule has 1 aromatic heterocycles. The maximum absolute atomic E-state index is 14.0. The number of nitrogens with zero attached hydrogens (tertiary/aromatic N) is 1. The topological polar surface area (TPSA) is 51.2 Å². The summed E-state index contributed by atoms with van der Waals surface area (Å²) in [5, 5.41) is 3.64. The lowest BCUT2D eigenvalue weighted by molar-refractivity contribution is -0.143. The molecule has 1 heterocycles. The first-order valence-electron chi connectivity index (χ1n) is 7.19. The highest BCUT2D eigenvalue weighted by Crippen LogP contribution is 2.24. The lowest BCUT2D eigenvalue weighted by atomic mass is 10.1. The highest BCUT2D eigenvalue weighted by molar-refractivity contribution is 7.18. The fourth-order valence-electron chi connectivity index (χ4n) is 2.36. The quantitative estimate of drug-likeness (QED) is 0.716. The monoisotopic (exact) mass is 348 g/mol. The fraction of sp³-hybridized carbons (Fsp3) is 0.176. The van der Waals surface area contributed by atoms with E-state index in [4.69, 9.17) is 4.74 Å². The molecule has 0 radical (unpaired) electrons. The maximum atomic E-state index is 14.0. The van der Waals surface area contributed by atoms with Gasteiger partial charge >= 0.3 is 5.97 Å². The molecule has 1 atom stereocenters. The Morgan fingerprint density at radius 1 is 1.29 bits per heavy atom. The van der Waals surface area contributed by atoms with Gasteiger partial charge in [0.1, 0.15) is 22.7 Å². The van der Waals surface area contributed by atoms with Crippen LogP contribution in [0.15, 0.2) is 42.5 Å². The van der Waals surface area contributed by atoms with Crippen LogP contribution >= 0.6 is 11.3 Å². The van der Waals surface area contributed by atoms with Crippen LogP contribution in [0.3, 0.4) is 0 Å². The number of aromatic nitrogens is 1. The van der Waals surface area contributed by atoms with E-state index in [9.17, 15) is 13.6 Å². The zero-order valence-corrected chi connectivity index (χ0v) is 13.6. The molecule has 0 aliphatic rings. The van der Waals surface area contributed by atoms with Gasteiger partial charge in [0.2, 0.25) is 0 Å². The molecular weight excluding hydrogens is 334 g/mol. The first-order valence-corrected chi connectivity index (χ1v) is 8.00. The summed E-state index contributed by atoms with van der Waals surface area (Å²) >= 11 is 1.47. The molecule has 0 saturated heterocycles. The molecule has 4 nitrogen and oxygen atoms in total. The van der Waals surface area contributed by atoms with Crippen molar-refractivity contribution in [3.63, 3.8) is 0 Å². The molecule has 3 aromatic rings. The van der Waals surface area contributed by atoms with E-state index < -0.39 is 23.6 Å². The summed E-state index contributed by atoms with van der Waals surface area (Å²) in [6, 6.07) is 9.50. The van der Waals surface area contributed by atoms with E-state index in [1.807, 2.05) is 24.3 Å². The number of carbonyl (C=O) groups is 1. The Balaban J connectivity index is 1.84. The van der Waals surface area contributed by atoms with E-state index in [1.54, 1.807) is 0 Å². The van der Waals surface area contributed by atoms with E-state index >= 15 is 0 Å². The van der Waals surface area contributed by atoms with Gasteiger partial charge in [0.05, 0.1) is 17.3 Å². The van der Waals surface area contributed by atoms with Gasteiger partial charge in [-0.25, -0.2) is 18.6 Å². The van der Waals surface area contributed by atoms with Gasteiger partial charge in [0.25, 0.3) is 0 Å². The first kappa shape index (κ1) is 16.5. The number of thiazole rings is 1. The molecule has 7 heteroatoms. The number of carbonyl (C=O) groups excluding carboxylic acids is 1. The Hall–Kier alpha value is -2.38. The van der Waals surface area contributed by atoms with Crippen LogP contribution in [0, 0.1) is 11.6 Å². The van der Waals surface area contributed by atoms with Gasteiger partial charge < -0.3 is 4.74 Å². The van der Waals surface area contributed by atoms with Crippen molar-refractivity contribution in [1.29, 1.82) is 0 Å². The van der Waals surface area contributed by atoms with Gasteiger partial charge in [-0.15, -0.1) is 11.3 Å². The van der Waals surface area contributed by atoms with Gasteiger partial charge in [0, 0.05) is 12.1 Å². The number of ether oxygens (including phenoxy) is 1. The van der Waals surface area contributed by atoms with Crippen molar-refractivity contribution in [3.8, 4) is 0 Å². The average Bonchev–Trinajstić information content (AvgIpc) is 3.00. The number of halogens is 2. The average molecular weight is 348 g/mol. The minimum absolute atomic E-state index is 0.0945. The number of hydrogen-bond donors (Lipinski definition) is 1. The molecule has 0 fully saturated rings. The lowest BCUT2D eigenvalue weighted by Gasteiger charge is -2.17. The molecule has 0 amide bonds. The number of benzene rings is 2. The molecule has 2 aromatic carbocycles. The van der Waals surface area contributed by atoms with Gasteiger partial charge in [-0.05, 0) is 30.3 Å². The summed E-state index contributed by atoms with van der Waals surface area (Å²) in [5.74, 6) is -1.99. The maximum Gasteiger partial charge on any atom is 0.327 e. The first-order chi connectivity index (χ1) is 11.6. The number of hydrogen-bond acceptors (Lipinski definition) is 5. The number of esters is 1. The lowest BCUT2D eigenvalue weighted by Crippen LogP contribution is -2.30. The minimum atomic E-state index is -1.11. The molecule has 3 rings (SSSR count). The van der Waals surface area contributed by atoms with Crippen LogP contribution in [0.5, 0.6) is 0 Å². The highest BCUT2D eigenvalue weighted by atomic mass is 32.1. The second-order valence-electron chi connectivity index (χ2n) is 5.08. The van der Waals surface area contributed by atoms with Crippen molar-refractivity contribution in [2.45, 2.75) is 12.6 Å². The number of rotatable bonds is 5. The summed E-state index contributed by atoms with van der Waals surface area (Å²) in [6.45, 7) is 0.231. The Kier molecular flexibility index (Phi) is 4.82. The van der Waals surface area contributed by atoms with E-state index in [0.29, 0.717) is 0 Å². The second-order valence-corrected chi connectivity index (χ2v) is 6.19. The molecule has 0 saturated carbocycles. The zero-order chi connectivity index (χ0) is 17.1. The fourth-order valence-corrected chi connectivity index (χ4v) is 3.28. The molecule has 24 heavy (non-hydrogen) atoms. The van der Waals surface area contributed by atoms with Crippen LogP contribution < -0.4 is 5.32 Å². The van der Waals surface area contributed by atoms with Gasteiger partial charge in [-0.2, -0.15) is 0 Å². The molecule has 0 bridgehead atoms. The smallest absolute Gasteiger partial charge is 0.327 e. The Bertz CT molecular complexity index is 849. The van der Waals surface area contributed by atoms with Crippen LogP contribution in [-0.4, -0.2) is 18.1 Å². The van der Waals surface area contributed by atoms with Crippen molar-refractivity contribution in [2.75, 3.05) is 7.11 Å². The van der Waals surface area contributed by atoms with Crippen LogP contribution in [-0.2, 0) is 16.1 Å². The Labute approximate surface area is 141 Å². The molecule has 0 spiro atoms. The highest BCUT2D eigenvalue weighted by Gasteiger charge is 2.25. The van der Waals surface area contributed by atoms with Gasteiger partial charge in [-0.1, -0.05) is 12.1 Å². The van der Waals surface area contributed by atoms with Crippen LogP contribution in [0.2, 0.25) is 0 Å². The number of para-hydroxylation sites is 1. The molecule has 124 valence electrons. The minimum Gasteiger partial charge on any atom is -0.468 e. The number of fused-ring (bicyclic) bond motifs is 1. The van der Waals surface area contributed by atoms with Crippen molar-refractivity contribution in [2.24, 2.45) is 0 Å². The molecule has 1 unspecified atom stereocenters. The standard InChI is InChI=1S/C17H14F2N2O2S/c1-23-17(22)16(11-8-10(18)6-7-12(11)19)20-9-15-21-13-4-2-3-5-14(13)24-15/h2-8,16,20H,9H2,1H3. The van der Waals surface area contributed by atoms with Crippen LogP contribution in [0.1, 0.15) is 16.6 Å². The van der Waals surface area contributed by atoms with Crippen molar-refractivity contribution < 1.29 is 18.3 Å². The number of methoxy groups -OCH3 is 1. The molecular formula is C17H14F2N2O2S. The summed E-state index contributed by atoms with van der Waals surface area (Å²) in [4.78, 5) is 16.4. The predicted octanol–water partition coefficient (Wildman–Crippen LogP) is 3.58. The summed E-state index contributed by atoms with van der Waals surface area (Å²) in [7, 11) is 1.20. The Morgan fingerprint density at radius 3 is 2.83 bits per heavy atom. The third-order valence-corrected chi connectivity index (χ3v) is 4.54. The van der Waals surface area contributed by atoms with Crippen molar-refractivity contribution >= 4 is 27.5 Å². The second kappa shape index (κ2) is 7.02. The van der Waals surface area contributed by atoms with E-state index in [0.717, 1.165) is 33.4 Å². The number of nitrogens with one attached hydrogen (secondary N) is 1. The van der Waals surface area contributed by atoms with Crippen LogP contribution in [0.4, 0.5) is 8.78 Å². The van der Waals surface area contributed by atoms with Crippen LogP contribution in [0.25, 0.3) is 10.2 Å². The van der Waals surface area contributed by atoms with E-state index in [1.165, 1.54) is 18.4 Å². The molecule has 0 aliphatic heterocycles. The van der Waals surface area contributed by atoms with Gasteiger partial charge in [0.15, 0.2) is 0 Å². The Morgan fingerprint density at radius 2 is 2.08 bits per heavy atom. The summed E-state index contributed by atoms with van der Waals surface area (Å²) in [6.07, 6.45) is 0. The SMILES string of the molecule is COC(=O)C(NCc1nc2ccccc2s1)c1cc(F)ccc1F. The predicted molar refractivity (Wildman–Crippen MR) is 87.6 cm³/mol. The largest absolute Gasteiger partial charge is 0.468 e. The van der Waals surface area contributed by atoms with Gasteiger partial charge in [-0.3, -0.25) is 5.32 Å². The third-order valence-electron chi connectivity index (χ3n) is 3.50. The molecule has 1 N–H and O–H groups in total. The van der Waals surface area contributed by atoms with E-state index in [2.05, 4.69) is 10.3 Å². The zero-order valence-electron chi connectivity index (χ0n) is 12.8. The van der Waals surface area contributed by atoms with Crippen molar-refractivity contribution in [1.82, 2.24) is 10.3 Å². The van der Waals surface area contributed by atoms with E-state index in [-0.39, 0.29) is 12.1 Å².